The van der Waals surface area contributed by atoms with Crippen molar-refractivity contribution in [2.45, 2.75) is 5.88 Å². The van der Waals surface area contributed by atoms with Gasteiger partial charge in [0.05, 0.1) is 5.88 Å². The number of rotatable bonds is 2. The number of nitrogens with zero attached hydrogens (tertiary/aromatic N) is 2. The fraction of sp³-hybridized carbons (Fsp3) is 0.500. The lowest BCUT2D eigenvalue weighted by atomic mass is 10.1. The molecule has 0 aromatic heterocycles. The van der Waals surface area contributed by atoms with Gasteiger partial charge in [0.25, 0.3) is 0 Å². The smallest absolute Gasteiger partial charge is 0.0509 e. The third-order valence-corrected chi connectivity index (χ3v) is 3.69. The van der Waals surface area contributed by atoms with Gasteiger partial charge in [-0.25, -0.2) is 0 Å². The van der Waals surface area contributed by atoms with Crippen LogP contribution in [0.3, 0.4) is 0 Å². The fourth-order valence-corrected chi connectivity index (χ4v) is 2.61. The van der Waals surface area contributed by atoms with Crippen LogP contribution in [0, 0.1) is 0 Å². The largest absolute Gasteiger partial charge is 0.369 e. The highest BCUT2D eigenvalue weighted by Crippen LogP contribution is 2.29. The monoisotopic (exact) mass is 258 g/mol. The second-order valence-corrected chi connectivity index (χ2v) is 4.84. The SMILES string of the molecule is CN1CCN(c2cccc(Cl)c2CCl)CC1. The third-order valence-electron chi connectivity index (χ3n) is 3.07. The van der Waals surface area contributed by atoms with Crippen LogP contribution in [-0.4, -0.2) is 38.1 Å². The topological polar surface area (TPSA) is 6.48 Å². The van der Waals surface area contributed by atoms with Gasteiger partial charge in [0.2, 0.25) is 0 Å². The molecule has 0 amide bonds. The summed E-state index contributed by atoms with van der Waals surface area (Å²) in [4.78, 5) is 4.70. The highest BCUT2D eigenvalue weighted by atomic mass is 35.5. The van der Waals surface area contributed by atoms with Crippen molar-refractivity contribution in [2.75, 3.05) is 38.1 Å². The van der Waals surface area contributed by atoms with Crippen LogP contribution < -0.4 is 4.90 Å². The molecule has 1 fully saturated rings. The van der Waals surface area contributed by atoms with Crippen molar-refractivity contribution in [1.29, 1.82) is 0 Å². The van der Waals surface area contributed by atoms with E-state index in [4.69, 9.17) is 23.2 Å². The first-order chi connectivity index (χ1) is 7.72. The molecule has 0 unspecified atom stereocenters. The number of piperazine rings is 1. The number of likely N-dealkylation sites (N-methyl/N-ethyl adjacent to an activating group) is 1. The van der Waals surface area contributed by atoms with Crippen molar-refractivity contribution in [2.24, 2.45) is 0 Å². The molecule has 1 aromatic carbocycles. The lowest BCUT2D eigenvalue weighted by Gasteiger charge is -2.35. The Hall–Kier alpha value is -0.440. The maximum absolute atomic E-state index is 6.16. The van der Waals surface area contributed by atoms with Crippen LogP contribution in [0.4, 0.5) is 5.69 Å². The molecular weight excluding hydrogens is 243 g/mol. The first kappa shape index (κ1) is 12.0. The van der Waals surface area contributed by atoms with Crippen LogP contribution in [0.1, 0.15) is 5.56 Å². The standard InChI is InChI=1S/C12H16Cl2N2/c1-15-5-7-16(8-6-15)12-4-2-3-11(14)10(12)9-13/h2-4H,5-9H2,1H3. The molecule has 16 heavy (non-hydrogen) atoms. The number of hydrogen-bond donors (Lipinski definition) is 0. The maximum atomic E-state index is 6.16. The highest BCUT2D eigenvalue weighted by Gasteiger charge is 2.17. The summed E-state index contributed by atoms with van der Waals surface area (Å²) in [7, 11) is 2.15. The Morgan fingerprint density at radius 2 is 1.88 bits per heavy atom. The van der Waals surface area contributed by atoms with E-state index < -0.39 is 0 Å². The highest BCUT2D eigenvalue weighted by molar-refractivity contribution is 6.32. The predicted molar refractivity (Wildman–Crippen MR) is 70.7 cm³/mol. The molecule has 1 aliphatic heterocycles. The van der Waals surface area contributed by atoms with Crippen molar-refractivity contribution in [3.8, 4) is 0 Å². The molecule has 0 atom stereocenters. The van der Waals surface area contributed by atoms with E-state index in [-0.39, 0.29) is 0 Å². The summed E-state index contributed by atoms with van der Waals surface area (Å²) in [6.07, 6.45) is 0. The summed E-state index contributed by atoms with van der Waals surface area (Å²) in [6, 6.07) is 6.00. The fourth-order valence-electron chi connectivity index (χ4n) is 2.02. The normalized spacial score (nSPS) is 17.8. The summed E-state index contributed by atoms with van der Waals surface area (Å²) < 4.78 is 0. The summed E-state index contributed by atoms with van der Waals surface area (Å²) in [5.41, 5.74) is 2.24. The Bertz CT molecular complexity index is 360. The van der Waals surface area contributed by atoms with Gasteiger partial charge in [0, 0.05) is 42.5 Å². The average molecular weight is 259 g/mol. The molecule has 88 valence electrons. The molecule has 2 nitrogen and oxygen atoms in total. The Balaban J connectivity index is 2.23. The number of hydrogen-bond acceptors (Lipinski definition) is 2. The minimum absolute atomic E-state index is 0.474. The van der Waals surface area contributed by atoms with Gasteiger partial charge < -0.3 is 9.80 Å². The van der Waals surface area contributed by atoms with E-state index in [1.165, 1.54) is 5.69 Å². The van der Waals surface area contributed by atoms with Crippen molar-refractivity contribution in [3.05, 3.63) is 28.8 Å². The molecule has 0 N–H and O–H groups in total. The zero-order valence-corrected chi connectivity index (χ0v) is 10.9. The zero-order valence-electron chi connectivity index (χ0n) is 9.42. The minimum Gasteiger partial charge on any atom is -0.369 e. The summed E-state index contributed by atoms with van der Waals surface area (Å²) in [5, 5.41) is 0.770. The van der Waals surface area contributed by atoms with Crippen molar-refractivity contribution < 1.29 is 0 Å². The molecule has 0 aliphatic carbocycles. The summed E-state index contributed by atoms with van der Waals surface area (Å²) >= 11 is 12.1. The molecule has 1 saturated heterocycles. The van der Waals surface area contributed by atoms with Crippen LogP contribution in [0.5, 0.6) is 0 Å². The average Bonchev–Trinajstić information content (AvgIpc) is 2.30. The van der Waals surface area contributed by atoms with Crippen molar-refractivity contribution in [1.82, 2.24) is 4.90 Å². The van der Waals surface area contributed by atoms with Crippen LogP contribution >= 0.6 is 23.2 Å². The van der Waals surface area contributed by atoms with Crippen LogP contribution in [0.25, 0.3) is 0 Å². The summed E-state index contributed by atoms with van der Waals surface area (Å²) in [5.74, 6) is 0.474. The number of halogens is 2. The van der Waals surface area contributed by atoms with Crippen LogP contribution in [-0.2, 0) is 5.88 Å². The molecule has 0 radical (unpaired) electrons. The molecular formula is C12H16Cl2N2. The van der Waals surface area contributed by atoms with Gasteiger partial charge in [0.1, 0.15) is 0 Å². The number of alkyl halides is 1. The third kappa shape index (κ3) is 2.45. The molecule has 2 rings (SSSR count). The van der Waals surface area contributed by atoms with Crippen LogP contribution in [0.15, 0.2) is 18.2 Å². The van der Waals surface area contributed by atoms with Crippen LogP contribution in [0.2, 0.25) is 5.02 Å². The molecule has 0 bridgehead atoms. The van der Waals surface area contributed by atoms with E-state index in [1.54, 1.807) is 0 Å². The van der Waals surface area contributed by atoms with Crippen molar-refractivity contribution in [3.63, 3.8) is 0 Å². The molecule has 4 heteroatoms. The van der Waals surface area contributed by atoms with Crippen molar-refractivity contribution >= 4 is 28.9 Å². The number of benzene rings is 1. The lowest BCUT2D eigenvalue weighted by molar-refractivity contribution is 0.312. The van der Waals surface area contributed by atoms with E-state index in [0.717, 1.165) is 36.8 Å². The molecule has 0 saturated carbocycles. The Kier molecular flexibility index (Phi) is 3.95. The first-order valence-corrected chi connectivity index (χ1v) is 6.40. The Morgan fingerprint density at radius 1 is 1.19 bits per heavy atom. The minimum atomic E-state index is 0.474. The maximum Gasteiger partial charge on any atom is 0.0509 e. The lowest BCUT2D eigenvalue weighted by Crippen LogP contribution is -2.44. The van der Waals surface area contributed by atoms with Gasteiger partial charge in [0.15, 0.2) is 0 Å². The van der Waals surface area contributed by atoms with E-state index in [2.05, 4.69) is 22.9 Å². The van der Waals surface area contributed by atoms with Gasteiger partial charge in [-0.3, -0.25) is 0 Å². The zero-order chi connectivity index (χ0) is 11.5. The van der Waals surface area contributed by atoms with Gasteiger partial charge in [-0.05, 0) is 19.2 Å². The van der Waals surface area contributed by atoms with E-state index in [9.17, 15) is 0 Å². The molecule has 1 aliphatic rings. The molecule has 0 spiro atoms. The van der Waals surface area contributed by atoms with E-state index >= 15 is 0 Å². The molecule has 1 aromatic rings. The van der Waals surface area contributed by atoms with Gasteiger partial charge >= 0.3 is 0 Å². The van der Waals surface area contributed by atoms with Gasteiger partial charge in [-0.15, -0.1) is 11.6 Å². The van der Waals surface area contributed by atoms with Gasteiger partial charge in [-0.1, -0.05) is 17.7 Å². The van der Waals surface area contributed by atoms with E-state index in [1.807, 2.05) is 12.1 Å². The van der Waals surface area contributed by atoms with Gasteiger partial charge in [-0.2, -0.15) is 0 Å². The Morgan fingerprint density at radius 3 is 2.50 bits per heavy atom. The van der Waals surface area contributed by atoms with E-state index in [0.29, 0.717) is 5.88 Å². The summed E-state index contributed by atoms with van der Waals surface area (Å²) in [6.45, 7) is 4.27. The second-order valence-electron chi connectivity index (χ2n) is 4.16. The number of anilines is 1. The molecule has 1 heterocycles. The predicted octanol–water partition coefficient (Wildman–Crippen LogP) is 2.83. The second kappa shape index (κ2) is 5.26. The Labute approximate surface area is 107 Å². The quantitative estimate of drug-likeness (QED) is 0.753. The first-order valence-electron chi connectivity index (χ1n) is 5.49.